The molecule has 0 saturated heterocycles. The zero-order valence-corrected chi connectivity index (χ0v) is 18.0. The van der Waals surface area contributed by atoms with E-state index < -0.39 is 16.5 Å². The van der Waals surface area contributed by atoms with E-state index in [1.165, 1.54) is 6.33 Å². The number of aromatic nitrogens is 5. The number of hydrogen-bond acceptors (Lipinski definition) is 6. The number of thiol groups is 1. The Hall–Kier alpha value is -3.17. The SMILES string of the molecule is Cc1ccc(-c2nn(C(C)(C)CN[SH+](=O)c3ccccn3)c3ncnc(N)c23)cc1. The highest BCUT2D eigenvalue weighted by Crippen LogP contribution is 2.33. The molecule has 3 N–H and O–H groups in total. The molecule has 0 aliphatic rings. The fourth-order valence-electron chi connectivity index (χ4n) is 3.21. The van der Waals surface area contributed by atoms with Crippen LogP contribution in [-0.2, 0) is 20.7 Å². The predicted octanol–water partition coefficient (Wildman–Crippen LogP) is 2.77. The van der Waals surface area contributed by atoms with Crippen LogP contribution < -0.4 is 10.5 Å². The first-order valence-corrected chi connectivity index (χ1v) is 10.8. The lowest BCUT2D eigenvalue weighted by atomic mass is 10.1. The summed E-state index contributed by atoms with van der Waals surface area (Å²) in [5, 5.41) is 6.08. The van der Waals surface area contributed by atoms with Gasteiger partial charge in [0.15, 0.2) is 16.6 Å². The van der Waals surface area contributed by atoms with Crippen LogP contribution in [0.2, 0.25) is 0 Å². The average Bonchev–Trinajstić information content (AvgIpc) is 3.15. The van der Waals surface area contributed by atoms with Crippen molar-refractivity contribution < 1.29 is 4.21 Å². The van der Waals surface area contributed by atoms with E-state index in [4.69, 9.17) is 10.8 Å². The maximum absolute atomic E-state index is 12.6. The Bertz CT molecular complexity index is 1200. The summed E-state index contributed by atoms with van der Waals surface area (Å²) in [4.78, 5) is 12.8. The molecule has 30 heavy (non-hydrogen) atoms. The van der Waals surface area contributed by atoms with E-state index >= 15 is 0 Å². The zero-order valence-electron chi connectivity index (χ0n) is 17.1. The highest BCUT2D eigenvalue weighted by Gasteiger charge is 2.29. The van der Waals surface area contributed by atoms with E-state index in [-0.39, 0.29) is 0 Å². The number of benzene rings is 1. The van der Waals surface area contributed by atoms with Gasteiger partial charge in [-0.25, -0.2) is 19.6 Å². The second-order valence-electron chi connectivity index (χ2n) is 7.71. The van der Waals surface area contributed by atoms with Crippen LogP contribution in [0.5, 0.6) is 0 Å². The Morgan fingerprint density at radius 3 is 2.57 bits per heavy atom. The third-order valence-electron chi connectivity index (χ3n) is 4.91. The molecule has 4 aromatic rings. The van der Waals surface area contributed by atoms with Gasteiger partial charge in [0, 0.05) is 17.8 Å². The number of hydrogen-bond donors (Lipinski definition) is 2. The highest BCUT2D eigenvalue weighted by molar-refractivity contribution is 7.82. The number of pyridine rings is 1. The number of nitrogens with zero attached hydrogens (tertiary/aromatic N) is 5. The van der Waals surface area contributed by atoms with Gasteiger partial charge in [-0.3, -0.25) is 0 Å². The van der Waals surface area contributed by atoms with E-state index in [0.29, 0.717) is 28.4 Å². The average molecular weight is 423 g/mol. The standard InChI is InChI=1S/C21H23N7OS/c1-14-7-9-15(10-8-14)18-17-19(22)24-13-25-20(17)28(27-18)21(2,3)12-26-30(29)16-6-4-5-11-23-16/h4-11,13H,12H2,1-3H3,(H,26,29)(H2,22,24,25)/p+1. The molecule has 9 heteroatoms. The number of aryl methyl sites for hydroxylation is 1. The molecule has 0 fully saturated rings. The van der Waals surface area contributed by atoms with Crippen molar-refractivity contribution in [3.8, 4) is 11.3 Å². The first kappa shape index (κ1) is 20.1. The molecule has 0 radical (unpaired) electrons. The number of fused-ring (bicyclic) bond motifs is 1. The molecule has 0 aliphatic heterocycles. The fraction of sp³-hybridized carbons (Fsp3) is 0.238. The summed E-state index contributed by atoms with van der Waals surface area (Å²) in [6, 6.07) is 13.4. The van der Waals surface area contributed by atoms with Gasteiger partial charge in [-0.1, -0.05) is 40.1 Å². The van der Waals surface area contributed by atoms with Crippen molar-refractivity contribution in [2.45, 2.75) is 31.3 Å². The lowest BCUT2D eigenvalue weighted by Gasteiger charge is -2.24. The van der Waals surface area contributed by atoms with E-state index in [2.05, 4.69) is 19.7 Å². The lowest BCUT2D eigenvalue weighted by Crippen LogP contribution is -2.39. The number of rotatable bonds is 6. The van der Waals surface area contributed by atoms with Crippen LogP contribution in [0.1, 0.15) is 19.4 Å². The van der Waals surface area contributed by atoms with Crippen LogP contribution in [0.4, 0.5) is 5.82 Å². The summed E-state index contributed by atoms with van der Waals surface area (Å²) in [6.45, 7) is 6.44. The number of nitrogens with one attached hydrogen (secondary N) is 1. The molecular formula is C21H24N7OS+. The first-order valence-electron chi connectivity index (χ1n) is 9.55. The Balaban J connectivity index is 1.72. The fourth-order valence-corrected chi connectivity index (χ4v) is 4.29. The molecule has 0 saturated carbocycles. The molecule has 0 bridgehead atoms. The van der Waals surface area contributed by atoms with Gasteiger partial charge in [-0.2, -0.15) is 5.10 Å². The van der Waals surface area contributed by atoms with Crippen LogP contribution in [-0.4, -0.2) is 31.3 Å². The normalized spacial score (nSPS) is 12.9. The first-order chi connectivity index (χ1) is 14.4. The van der Waals surface area contributed by atoms with Gasteiger partial charge in [0.25, 0.3) is 5.03 Å². The lowest BCUT2D eigenvalue weighted by molar-refractivity contribution is 0.330. The third-order valence-corrected chi connectivity index (χ3v) is 6.03. The second-order valence-corrected chi connectivity index (χ2v) is 9.08. The molecule has 3 aromatic heterocycles. The molecule has 0 amide bonds. The summed E-state index contributed by atoms with van der Waals surface area (Å²) < 4.78 is 17.5. The van der Waals surface area contributed by atoms with Crippen LogP contribution in [0.3, 0.4) is 0 Å². The molecular weight excluding hydrogens is 398 g/mol. The summed E-state index contributed by atoms with van der Waals surface area (Å²) in [5.41, 5.74) is 9.13. The molecule has 8 nitrogen and oxygen atoms in total. The van der Waals surface area contributed by atoms with Gasteiger partial charge in [-0.05, 0) is 26.8 Å². The minimum Gasteiger partial charge on any atom is -0.383 e. The monoisotopic (exact) mass is 422 g/mol. The Morgan fingerprint density at radius 2 is 1.87 bits per heavy atom. The maximum Gasteiger partial charge on any atom is 0.266 e. The van der Waals surface area contributed by atoms with Crippen LogP contribution in [0.25, 0.3) is 22.3 Å². The summed E-state index contributed by atoms with van der Waals surface area (Å²) in [6.07, 6.45) is 3.07. The van der Waals surface area contributed by atoms with Crippen molar-refractivity contribution >= 4 is 27.8 Å². The van der Waals surface area contributed by atoms with Crippen molar-refractivity contribution in [2.75, 3.05) is 12.3 Å². The van der Waals surface area contributed by atoms with Crippen molar-refractivity contribution in [3.63, 3.8) is 0 Å². The van der Waals surface area contributed by atoms with Crippen molar-refractivity contribution in [1.82, 2.24) is 29.5 Å². The van der Waals surface area contributed by atoms with E-state index in [9.17, 15) is 4.21 Å². The zero-order chi connectivity index (χ0) is 21.3. The molecule has 1 aromatic carbocycles. The Labute approximate surface area is 177 Å². The van der Waals surface area contributed by atoms with Crippen LogP contribution in [0.15, 0.2) is 60.0 Å². The number of nitrogen functional groups attached to an aromatic ring is 1. The number of nitrogens with two attached hydrogens (primary N) is 1. The maximum atomic E-state index is 12.6. The van der Waals surface area contributed by atoms with Crippen molar-refractivity contribution in [2.24, 2.45) is 0 Å². The smallest absolute Gasteiger partial charge is 0.266 e. The van der Waals surface area contributed by atoms with Gasteiger partial charge < -0.3 is 5.73 Å². The summed E-state index contributed by atoms with van der Waals surface area (Å²) in [5.74, 6) is 0.380. The van der Waals surface area contributed by atoms with Gasteiger partial charge in [0.1, 0.15) is 17.8 Å². The van der Waals surface area contributed by atoms with Gasteiger partial charge in [0.2, 0.25) is 0 Å². The van der Waals surface area contributed by atoms with Crippen LogP contribution >= 0.6 is 0 Å². The third kappa shape index (κ3) is 3.81. The largest absolute Gasteiger partial charge is 0.383 e. The van der Waals surface area contributed by atoms with E-state index in [1.54, 1.807) is 18.3 Å². The number of anilines is 1. The minimum absolute atomic E-state index is 0.380. The second kappa shape index (κ2) is 7.92. The molecule has 1 unspecified atom stereocenters. The molecule has 0 aliphatic carbocycles. The van der Waals surface area contributed by atoms with Gasteiger partial charge in [0.05, 0.1) is 17.5 Å². The van der Waals surface area contributed by atoms with Crippen LogP contribution in [0, 0.1) is 6.92 Å². The Kier molecular flexibility index (Phi) is 5.31. The van der Waals surface area contributed by atoms with E-state index in [1.807, 2.05) is 55.8 Å². The van der Waals surface area contributed by atoms with Crippen molar-refractivity contribution in [3.05, 3.63) is 60.6 Å². The predicted molar refractivity (Wildman–Crippen MR) is 119 cm³/mol. The molecule has 3 heterocycles. The summed E-state index contributed by atoms with van der Waals surface area (Å²) >= 11 is 0. The topological polar surface area (TPSA) is 112 Å². The molecule has 4 rings (SSSR count). The van der Waals surface area contributed by atoms with Gasteiger partial charge in [-0.15, -0.1) is 4.72 Å². The van der Waals surface area contributed by atoms with Crippen molar-refractivity contribution in [1.29, 1.82) is 0 Å². The minimum atomic E-state index is -1.83. The highest BCUT2D eigenvalue weighted by atomic mass is 32.2. The summed E-state index contributed by atoms with van der Waals surface area (Å²) in [7, 11) is -1.83. The van der Waals surface area contributed by atoms with Gasteiger partial charge >= 0.3 is 0 Å². The quantitative estimate of drug-likeness (QED) is 0.365. The van der Waals surface area contributed by atoms with E-state index in [0.717, 1.165) is 16.8 Å². The Morgan fingerprint density at radius 1 is 1.10 bits per heavy atom. The molecule has 0 spiro atoms. The molecule has 1 atom stereocenters. The molecule has 154 valence electrons.